The van der Waals surface area contributed by atoms with Gasteiger partial charge < -0.3 is 9.84 Å². The predicted molar refractivity (Wildman–Crippen MR) is 123 cm³/mol. The van der Waals surface area contributed by atoms with Crippen LogP contribution in [0.5, 0.6) is 0 Å². The highest BCUT2D eigenvalue weighted by Crippen LogP contribution is 2.50. The molecule has 1 saturated heterocycles. The van der Waals surface area contributed by atoms with E-state index in [0.717, 1.165) is 55.3 Å². The lowest BCUT2D eigenvalue weighted by Gasteiger charge is -2.25. The Labute approximate surface area is 194 Å². The Balaban J connectivity index is 1.26. The molecule has 174 valence electrons. The number of benzene rings is 1. The maximum atomic E-state index is 12.8. The molecule has 2 fully saturated rings. The molecule has 3 atom stereocenters. The first kappa shape index (κ1) is 21.8. The van der Waals surface area contributed by atoms with Crippen LogP contribution in [0.1, 0.15) is 53.5 Å². The van der Waals surface area contributed by atoms with Crippen LogP contribution in [0.25, 0.3) is 0 Å². The van der Waals surface area contributed by atoms with Crippen molar-refractivity contribution in [2.75, 3.05) is 13.1 Å². The van der Waals surface area contributed by atoms with Gasteiger partial charge in [0.1, 0.15) is 0 Å². The number of hydrogen-bond donors (Lipinski definition) is 2. The number of aryl methyl sites for hydroxylation is 3. The molecule has 5 rings (SSSR count). The summed E-state index contributed by atoms with van der Waals surface area (Å²) in [5.74, 6) is 1.86. The second kappa shape index (κ2) is 8.74. The van der Waals surface area contributed by atoms with Crippen LogP contribution in [0.2, 0.25) is 0 Å². The molecule has 2 N–H and O–H groups in total. The monoisotopic (exact) mass is 448 g/mol. The third-order valence-corrected chi connectivity index (χ3v) is 7.40. The Hall–Kier alpha value is -3.00. The van der Waals surface area contributed by atoms with Crippen molar-refractivity contribution < 1.29 is 9.32 Å². The van der Waals surface area contributed by atoms with Gasteiger partial charge in [-0.1, -0.05) is 35.5 Å². The smallest absolute Gasteiger partial charge is 0.234 e. The average molecular weight is 449 g/mol. The standard InChI is InChI=1S/C25H32N6O2/c1-16-22(17(2)29-28-16)9-10-23(32)27-21-11-20-14-31(13-19-7-5-4-6-8-19)15-25(20,12-21)24-26-18(3)30-33-24/h4-8,20-21H,9-15H2,1-3H3,(H,27,32)(H,28,29). The molecule has 8 nitrogen and oxygen atoms in total. The zero-order chi connectivity index (χ0) is 23.0. The Morgan fingerprint density at radius 3 is 2.79 bits per heavy atom. The highest BCUT2D eigenvalue weighted by molar-refractivity contribution is 5.76. The molecule has 1 aliphatic heterocycles. The number of nitrogens with zero attached hydrogens (tertiary/aromatic N) is 4. The lowest BCUT2D eigenvalue weighted by Crippen LogP contribution is -2.38. The SMILES string of the molecule is Cc1noc(C23CC(NC(=O)CCc4c(C)n[nH]c4C)CC2CN(Cc2ccccc2)C3)n1. The fourth-order valence-electron chi connectivity index (χ4n) is 5.86. The van der Waals surface area contributed by atoms with Crippen LogP contribution >= 0.6 is 0 Å². The summed E-state index contributed by atoms with van der Waals surface area (Å²) in [5.41, 5.74) is 4.26. The van der Waals surface area contributed by atoms with E-state index in [9.17, 15) is 4.79 Å². The Morgan fingerprint density at radius 2 is 2.09 bits per heavy atom. The second-order valence-corrected chi connectivity index (χ2v) is 9.77. The molecule has 33 heavy (non-hydrogen) atoms. The summed E-state index contributed by atoms with van der Waals surface area (Å²) in [6, 6.07) is 10.7. The second-order valence-electron chi connectivity index (χ2n) is 9.77. The molecule has 1 aromatic carbocycles. The number of H-pyrrole nitrogens is 1. The van der Waals surface area contributed by atoms with Crippen LogP contribution < -0.4 is 5.32 Å². The minimum atomic E-state index is -0.203. The van der Waals surface area contributed by atoms with Gasteiger partial charge in [0.15, 0.2) is 5.82 Å². The number of amides is 1. The van der Waals surface area contributed by atoms with E-state index < -0.39 is 0 Å². The summed E-state index contributed by atoms with van der Waals surface area (Å²) in [5, 5.41) is 14.6. The summed E-state index contributed by atoms with van der Waals surface area (Å²) in [4.78, 5) is 19.9. The molecule has 8 heteroatoms. The summed E-state index contributed by atoms with van der Waals surface area (Å²) < 4.78 is 5.72. The summed E-state index contributed by atoms with van der Waals surface area (Å²) in [7, 11) is 0. The molecular weight excluding hydrogens is 416 g/mol. The topological polar surface area (TPSA) is 99.9 Å². The highest BCUT2D eigenvalue weighted by Gasteiger charge is 2.57. The minimum absolute atomic E-state index is 0.0953. The summed E-state index contributed by atoms with van der Waals surface area (Å²) >= 11 is 0. The zero-order valence-electron chi connectivity index (χ0n) is 19.6. The molecule has 1 aliphatic carbocycles. The first-order chi connectivity index (χ1) is 15.9. The Kier molecular flexibility index (Phi) is 5.78. The van der Waals surface area contributed by atoms with Crippen LogP contribution in [0.4, 0.5) is 0 Å². The minimum Gasteiger partial charge on any atom is -0.353 e. The van der Waals surface area contributed by atoms with Crippen LogP contribution in [-0.4, -0.2) is 50.3 Å². The number of rotatable bonds is 7. The molecule has 3 heterocycles. The van der Waals surface area contributed by atoms with Crippen molar-refractivity contribution in [2.24, 2.45) is 5.92 Å². The van der Waals surface area contributed by atoms with Crippen LogP contribution in [0.3, 0.4) is 0 Å². The van der Waals surface area contributed by atoms with Gasteiger partial charge in [0.25, 0.3) is 0 Å². The number of aromatic nitrogens is 4. The van der Waals surface area contributed by atoms with Gasteiger partial charge in [0.05, 0.1) is 11.1 Å². The van der Waals surface area contributed by atoms with Gasteiger partial charge in [-0.05, 0) is 57.1 Å². The van der Waals surface area contributed by atoms with Crippen LogP contribution in [0, 0.1) is 26.7 Å². The number of fused-ring (bicyclic) bond motifs is 1. The molecule has 3 aromatic rings. The molecule has 3 unspecified atom stereocenters. The highest BCUT2D eigenvalue weighted by atomic mass is 16.5. The van der Waals surface area contributed by atoms with E-state index >= 15 is 0 Å². The average Bonchev–Trinajstić information content (AvgIpc) is 3.52. The van der Waals surface area contributed by atoms with Gasteiger partial charge in [-0.3, -0.25) is 14.8 Å². The lowest BCUT2D eigenvalue weighted by molar-refractivity contribution is -0.121. The normalized spacial score (nSPS) is 24.8. The molecule has 1 amide bonds. The van der Waals surface area contributed by atoms with E-state index in [4.69, 9.17) is 4.52 Å². The van der Waals surface area contributed by atoms with Gasteiger partial charge in [0, 0.05) is 37.8 Å². The van der Waals surface area contributed by atoms with E-state index in [-0.39, 0.29) is 17.4 Å². The predicted octanol–water partition coefficient (Wildman–Crippen LogP) is 3.00. The van der Waals surface area contributed by atoms with Crippen molar-refractivity contribution in [3.63, 3.8) is 0 Å². The fourth-order valence-corrected chi connectivity index (χ4v) is 5.86. The number of hydrogen-bond acceptors (Lipinski definition) is 6. The molecule has 1 saturated carbocycles. The van der Waals surface area contributed by atoms with Crippen LogP contribution in [0.15, 0.2) is 34.9 Å². The van der Waals surface area contributed by atoms with Crippen molar-refractivity contribution in [1.82, 2.24) is 30.6 Å². The van der Waals surface area contributed by atoms with E-state index in [1.807, 2.05) is 26.8 Å². The van der Waals surface area contributed by atoms with Gasteiger partial charge in [0.2, 0.25) is 11.8 Å². The maximum Gasteiger partial charge on any atom is 0.234 e. The quantitative estimate of drug-likeness (QED) is 0.576. The first-order valence-corrected chi connectivity index (χ1v) is 11.8. The van der Waals surface area contributed by atoms with Crippen molar-refractivity contribution in [1.29, 1.82) is 0 Å². The molecule has 2 aliphatic rings. The Bertz CT molecular complexity index is 1100. The third-order valence-electron chi connectivity index (χ3n) is 7.40. The number of likely N-dealkylation sites (tertiary alicyclic amines) is 1. The van der Waals surface area contributed by atoms with Crippen LogP contribution in [-0.2, 0) is 23.2 Å². The van der Waals surface area contributed by atoms with Crippen molar-refractivity contribution in [3.8, 4) is 0 Å². The molecule has 0 radical (unpaired) electrons. The number of aromatic amines is 1. The van der Waals surface area contributed by atoms with Crippen molar-refractivity contribution in [2.45, 2.75) is 64.5 Å². The van der Waals surface area contributed by atoms with Crippen molar-refractivity contribution >= 4 is 5.91 Å². The molecule has 0 bridgehead atoms. The third kappa shape index (κ3) is 4.31. The molecular formula is C25H32N6O2. The Morgan fingerprint density at radius 1 is 1.27 bits per heavy atom. The van der Waals surface area contributed by atoms with Gasteiger partial charge in [-0.25, -0.2) is 0 Å². The largest absolute Gasteiger partial charge is 0.353 e. The number of carbonyl (C=O) groups is 1. The lowest BCUT2D eigenvalue weighted by atomic mass is 9.80. The van der Waals surface area contributed by atoms with Crippen molar-refractivity contribution in [3.05, 3.63) is 64.6 Å². The summed E-state index contributed by atoms with van der Waals surface area (Å²) in [6.45, 7) is 8.59. The number of carbonyl (C=O) groups excluding carboxylic acids is 1. The van der Waals surface area contributed by atoms with E-state index in [1.54, 1.807) is 0 Å². The first-order valence-electron chi connectivity index (χ1n) is 11.8. The van der Waals surface area contributed by atoms with E-state index in [1.165, 1.54) is 5.56 Å². The molecule has 0 spiro atoms. The van der Waals surface area contributed by atoms with E-state index in [2.05, 4.69) is 54.8 Å². The summed E-state index contributed by atoms with van der Waals surface area (Å²) in [6.07, 6.45) is 2.94. The van der Waals surface area contributed by atoms with Gasteiger partial charge >= 0.3 is 0 Å². The fraction of sp³-hybridized carbons (Fsp3) is 0.520. The molecule has 2 aromatic heterocycles. The van der Waals surface area contributed by atoms with Gasteiger partial charge in [-0.2, -0.15) is 10.1 Å². The zero-order valence-corrected chi connectivity index (χ0v) is 19.6. The maximum absolute atomic E-state index is 12.8. The van der Waals surface area contributed by atoms with E-state index in [0.29, 0.717) is 24.6 Å². The van der Waals surface area contributed by atoms with Gasteiger partial charge in [-0.15, -0.1) is 0 Å². The number of nitrogens with one attached hydrogen (secondary N) is 2.